The molecule has 0 aliphatic heterocycles. The van der Waals surface area contributed by atoms with Gasteiger partial charge in [-0.05, 0) is 37.3 Å². The van der Waals surface area contributed by atoms with E-state index >= 15 is 0 Å². The summed E-state index contributed by atoms with van der Waals surface area (Å²) in [5.74, 6) is 0.613. The zero-order valence-electron chi connectivity index (χ0n) is 13.1. The maximum absolute atomic E-state index is 12.3. The lowest BCUT2D eigenvalue weighted by molar-refractivity contribution is -0.592. The second-order valence-electron chi connectivity index (χ2n) is 6.21. The average Bonchev–Trinajstić information content (AvgIpc) is 2.57. The van der Waals surface area contributed by atoms with Crippen molar-refractivity contribution in [1.29, 1.82) is 0 Å². The molecular weight excluding hydrogens is 310 g/mol. The van der Waals surface area contributed by atoms with Crippen LogP contribution in [-0.2, 0) is 6.54 Å². The zero-order chi connectivity index (χ0) is 16.2. The van der Waals surface area contributed by atoms with Crippen LogP contribution >= 0.6 is 11.6 Å². The molecule has 0 spiro atoms. The van der Waals surface area contributed by atoms with E-state index < -0.39 is 0 Å². The van der Waals surface area contributed by atoms with E-state index in [1.807, 2.05) is 18.2 Å². The Morgan fingerprint density at radius 2 is 1.83 bits per heavy atom. The molecule has 2 N–H and O–H groups in total. The predicted molar refractivity (Wildman–Crippen MR) is 93.3 cm³/mol. The molecule has 0 radical (unpaired) electrons. The van der Waals surface area contributed by atoms with Gasteiger partial charge in [-0.3, -0.25) is 4.90 Å². The van der Waals surface area contributed by atoms with E-state index in [0.717, 1.165) is 30.4 Å². The Morgan fingerprint density at radius 1 is 1.13 bits per heavy atom. The number of nitrogens with zero attached hydrogens (tertiary/aromatic N) is 2. The van der Waals surface area contributed by atoms with Crippen molar-refractivity contribution in [2.45, 2.75) is 44.3 Å². The predicted octanol–water partition coefficient (Wildman–Crippen LogP) is 3.25. The highest BCUT2D eigenvalue weighted by molar-refractivity contribution is 6.30. The van der Waals surface area contributed by atoms with Crippen LogP contribution in [0.4, 0.5) is 5.82 Å². The van der Waals surface area contributed by atoms with Crippen LogP contribution in [-0.4, -0.2) is 12.1 Å². The van der Waals surface area contributed by atoms with E-state index in [-0.39, 0.29) is 6.04 Å². The Kier molecular flexibility index (Phi) is 5.03. The van der Waals surface area contributed by atoms with E-state index in [0.29, 0.717) is 23.4 Å². The molecule has 5 heteroatoms. The number of aromatic nitrogens is 1. The zero-order valence-corrected chi connectivity index (χ0v) is 13.8. The van der Waals surface area contributed by atoms with Crippen molar-refractivity contribution < 1.29 is 4.73 Å². The van der Waals surface area contributed by atoms with Crippen molar-refractivity contribution in [2.75, 3.05) is 4.90 Å². The number of hydrogen-bond acceptors (Lipinski definition) is 3. The molecule has 0 amide bonds. The third-order valence-electron chi connectivity index (χ3n) is 4.53. The van der Waals surface area contributed by atoms with Crippen LogP contribution < -0.4 is 15.4 Å². The van der Waals surface area contributed by atoms with E-state index in [2.05, 4.69) is 17.0 Å². The Labute approximate surface area is 142 Å². The molecule has 1 aliphatic rings. The van der Waals surface area contributed by atoms with Crippen molar-refractivity contribution in [3.05, 3.63) is 64.5 Å². The van der Waals surface area contributed by atoms with Crippen molar-refractivity contribution >= 4 is 17.4 Å². The number of benzene rings is 1. The van der Waals surface area contributed by atoms with Gasteiger partial charge in [-0.25, -0.2) is 4.73 Å². The lowest BCUT2D eigenvalue weighted by Gasteiger charge is -2.33. The molecule has 0 bridgehead atoms. The number of halogens is 1. The minimum absolute atomic E-state index is 0.281. The molecule has 3 rings (SSSR count). The Bertz CT molecular complexity index is 642. The summed E-state index contributed by atoms with van der Waals surface area (Å²) < 4.78 is 0.906. The first-order chi connectivity index (χ1) is 11.1. The van der Waals surface area contributed by atoms with Gasteiger partial charge >= 0.3 is 0 Å². The minimum atomic E-state index is 0.281. The second kappa shape index (κ2) is 7.20. The van der Waals surface area contributed by atoms with Gasteiger partial charge in [-0.15, -0.1) is 0 Å². The van der Waals surface area contributed by atoms with Gasteiger partial charge in [0.1, 0.15) is 6.54 Å². The van der Waals surface area contributed by atoms with Crippen LogP contribution in [0.15, 0.2) is 48.7 Å². The molecule has 0 saturated heterocycles. The van der Waals surface area contributed by atoms with Crippen LogP contribution in [0.2, 0.25) is 5.02 Å². The minimum Gasteiger partial charge on any atom is -0.711 e. The summed E-state index contributed by atoms with van der Waals surface area (Å²) in [5, 5.41) is 12.9. The van der Waals surface area contributed by atoms with Gasteiger partial charge in [0.25, 0.3) is 5.82 Å². The van der Waals surface area contributed by atoms with Crippen molar-refractivity contribution in [1.82, 2.24) is 0 Å². The summed E-state index contributed by atoms with van der Waals surface area (Å²) in [6.07, 6.45) is 5.47. The lowest BCUT2D eigenvalue weighted by Crippen LogP contribution is -2.46. The number of hydrogen-bond donors (Lipinski definition) is 1. The smallest absolute Gasteiger partial charge is 0.281 e. The molecule has 0 unspecified atom stereocenters. The summed E-state index contributed by atoms with van der Waals surface area (Å²) in [5.41, 5.74) is 7.22. The molecule has 23 heavy (non-hydrogen) atoms. The Hall–Kier alpha value is -1.78. The highest BCUT2D eigenvalue weighted by Crippen LogP contribution is 2.28. The highest BCUT2D eigenvalue weighted by atomic mass is 35.5. The third kappa shape index (κ3) is 3.95. The monoisotopic (exact) mass is 331 g/mol. The molecule has 1 aromatic carbocycles. The van der Waals surface area contributed by atoms with Gasteiger partial charge in [0.05, 0.1) is 17.3 Å². The van der Waals surface area contributed by atoms with E-state index in [9.17, 15) is 5.21 Å². The SMILES string of the molecule is NC1CCC(N(Cc2ccccc2)c2cc(Cl)cc[n+]2[O-])CC1. The average molecular weight is 332 g/mol. The first kappa shape index (κ1) is 16.1. The summed E-state index contributed by atoms with van der Waals surface area (Å²) in [6.45, 7) is 0.698. The summed E-state index contributed by atoms with van der Waals surface area (Å²) in [4.78, 5) is 2.18. The quantitative estimate of drug-likeness (QED) is 0.691. The lowest BCUT2D eigenvalue weighted by atomic mass is 9.90. The third-order valence-corrected chi connectivity index (χ3v) is 4.77. The molecule has 4 nitrogen and oxygen atoms in total. The molecule has 1 heterocycles. The fraction of sp³-hybridized carbons (Fsp3) is 0.389. The van der Waals surface area contributed by atoms with Crippen LogP contribution in [0.3, 0.4) is 0 Å². The maximum atomic E-state index is 12.3. The Morgan fingerprint density at radius 3 is 2.52 bits per heavy atom. The van der Waals surface area contributed by atoms with Crippen molar-refractivity contribution in [3.63, 3.8) is 0 Å². The maximum Gasteiger partial charge on any atom is 0.281 e. The molecule has 1 aliphatic carbocycles. The van der Waals surface area contributed by atoms with E-state index in [4.69, 9.17) is 17.3 Å². The molecule has 1 fully saturated rings. The first-order valence-corrected chi connectivity index (χ1v) is 8.46. The van der Waals surface area contributed by atoms with Crippen LogP contribution in [0.25, 0.3) is 0 Å². The topological polar surface area (TPSA) is 56.2 Å². The van der Waals surface area contributed by atoms with Gasteiger partial charge in [0.2, 0.25) is 0 Å². The van der Waals surface area contributed by atoms with Crippen molar-refractivity contribution in [2.24, 2.45) is 5.73 Å². The van der Waals surface area contributed by atoms with E-state index in [1.54, 1.807) is 12.1 Å². The Balaban J connectivity index is 1.91. The van der Waals surface area contributed by atoms with Crippen LogP contribution in [0, 0.1) is 5.21 Å². The normalized spacial score (nSPS) is 21.1. The summed E-state index contributed by atoms with van der Waals surface area (Å²) >= 11 is 6.13. The van der Waals surface area contributed by atoms with Crippen LogP contribution in [0.5, 0.6) is 0 Å². The second-order valence-corrected chi connectivity index (χ2v) is 6.65. The number of rotatable bonds is 4. The first-order valence-electron chi connectivity index (χ1n) is 8.08. The standard InChI is InChI=1S/C18H22ClN3O/c19-15-10-11-22(23)18(12-15)21(13-14-4-2-1-3-5-14)17-8-6-16(20)7-9-17/h1-5,10-12,16-17H,6-9,13,20H2. The molecular formula is C18H22ClN3O. The fourth-order valence-electron chi connectivity index (χ4n) is 3.25. The van der Waals surface area contributed by atoms with Gasteiger partial charge < -0.3 is 10.9 Å². The molecule has 1 aromatic heterocycles. The van der Waals surface area contributed by atoms with Gasteiger partial charge in [0.15, 0.2) is 0 Å². The summed E-state index contributed by atoms with van der Waals surface area (Å²) in [6, 6.07) is 14.2. The number of nitrogens with two attached hydrogens (primary N) is 1. The van der Waals surface area contributed by atoms with E-state index in [1.165, 1.54) is 11.8 Å². The molecule has 0 atom stereocenters. The molecule has 1 saturated carbocycles. The van der Waals surface area contributed by atoms with Gasteiger partial charge in [-0.2, -0.15) is 0 Å². The number of anilines is 1. The largest absolute Gasteiger partial charge is 0.711 e. The van der Waals surface area contributed by atoms with Gasteiger partial charge in [-0.1, -0.05) is 41.9 Å². The number of pyridine rings is 1. The van der Waals surface area contributed by atoms with Gasteiger partial charge in [0, 0.05) is 12.1 Å². The van der Waals surface area contributed by atoms with Crippen molar-refractivity contribution in [3.8, 4) is 0 Å². The molecule has 2 aromatic rings. The van der Waals surface area contributed by atoms with Crippen LogP contribution in [0.1, 0.15) is 31.2 Å². The molecule has 122 valence electrons. The highest BCUT2D eigenvalue weighted by Gasteiger charge is 2.31. The summed E-state index contributed by atoms with van der Waals surface area (Å²) in [7, 11) is 0. The fourth-order valence-corrected chi connectivity index (χ4v) is 3.40.